The average molecular weight is 367 g/mol. The van der Waals surface area contributed by atoms with Crippen LogP contribution in [0.5, 0.6) is 0 Å². The lowest BCUT2D eigenvalue weighted by molar-refractivity contribution is -0.121. The van der Waals surface area contributed by atoms with E-state index < -0.39 is 6.10 Å². The minimum atomic E-state index is -0.553. The van der Waals surface area contributed by atoms with Crippen LogP contribution in [0, 0.1) is 5.92 Å². The van der Waals surface area contributed by atoms with Crippen molar-refractivity contribution in [2.75, 3.05) is 0 Å². The molecule has 8 nitrogen and oxygen atoms in total. The Morgan fingerprint density at radius 1 is 1.48 bits per heavy atom. The number of aliphatic hydroxyl groups is 1. The smallest absolute Gasteiger partial charge is 0.227 e. The standard InChI is InChI=1S/C16H23ClN6O2/c1-10(2)23-9-18-21-15(23)5-16(25)20-13-3-11(4-14(13)24)7-22-8-12(17)6-19-22/h6,8-11,13-14,24H,3-5,7H2,1-2H3,(H,20,25)/t11?,13-,14-/m1/s1. The number of nitrogens with one attached hydrogen (secondary N) is 1. The summed E-state index contributed by atoms with van der Waals surface area (Å²) in [5.74, 6) is 0.722. The molecule has 1 fully saturated rings. The first-order chi connectivity index (χ1) is 11.9. The molecule has 2 aromatic heterocycles. The van der Waals surface area contributed by atoms with Crippen molar-refractivity contribution in [3.8, 4) is 0 Å². The maximum atomic E-state index is 12.3. The van der Waals surface area contributed by atoms with Crippen LogP contribution in [-0.4, -0.2) is 47.7 Å². The number of carbonyl (C=O) groups is 1. The molecule has 2 heterocycles. The highest BCUT2D eigenvalue weighted by Crippen LogP contribution is 2.28. The summed E-state index contributed by atoms with van der Waals surface area (Å²) in [7, 11) is 0. The van der Waals surface area contributed by atoms with Gasteiger partial charge in [0.2, 0.25) is 5.91 Å². The van der Waals surface area contributed by atoms with Crippen molar-refractivity contribution in [2.45, 2.75) is 57.8 Å². The zero-order valence-corrected chi connectivity index (χ0v) is 15.1. The van der Waals surface area contributed by atoms with Gasteiger partial charge >= 0.3 is 0 Å². The molecular formula is C16H23ClN6O2. The Kier molecular flexibility index (Phi) is 5.39. The van der Waals surface area contributed by atoms with Gasteiger partial charge in [-0.25, -0.2) is 0 Å². The van der Waals surface area contributed by atoms with Crippen LogP contribution in [0.3, 0.4) is 0 Å². The molecular weight excluding hydrogens is 344 g/mol. The quantitative estimate of drug-likeness (QED) is 0.800. The van der Waals surface area contributed by atoms with E-state index in [4.69, 9.17) is 11.6 Å². The second-order valence-corrected chi connectivity index (χ2v) is 7.32. The lowest BCUT2D eigenvalue weighted by Gasteiger charge is -2.17. The Morgan fingerprint density at radius 3 is 2.96 bits per heavy atom. The minimum absolute atomic E-state index is 0.151. The molecule has 0 saturated heterocycles. The van der Waals surface area contributed by atoms with Crippen LogP contribution < -0.4 is 5.32 Å². The number of rotatable bonds is 6. The second-order valence-electron chi connectivity index (χ2n) is 6.88. The molecule has 9 heteroatoms. The number of carbonyl (C=O) groups excluding carboxylic acids is 1. The molecule has 2 aromatic rings. The molecule has 0 radical (unpaired) electrons. The maximum absolute atomic E-state index is 12.3. The summed E-state index contributed by atoms with van der Waals surface area (Å²) in [4.78, 5) is 12.3. The van der Waals surface area contributed by atoms with Crippen LogP contribution >= 0.6 is 11.6 Å². The maximum Gasteiger partial charge on any atom is 0.227 e. The molecule has 25 heavy (non-hydrogen) atoms. The predicted octanol–water partition coefficient (Wildman–Crippen LogP) is 1.21. The van der Waals surface area contributed by atoms with Gasteiger partial charge in [0.1, 0.15) is 12.2 Å². The van der Waals surface area contributed by atoms with E-state index in [1.54, 1.807) is 23.4 Å². The molecule has 1 unspecified atom stereocenters. The van der Waals surface area contributed by atoms with Gasteiger partial charge in [-0.15, -0.1) is 10.2 Å². The number of nitrogens with zero attached hydrogens (tertiary/aromatic N) is 5. The van der Waals surface area contributed by atoms with Crippen molar-refractivity contribution in [1.82, 2.24) is 29.9 Å². The fourth-order valence-corrected chi connectivity index (χ4v) is 3.51. The molecule has 2 N–H and O–H groups in total. The van der Waals surface area contributed by atoms with Gasteiger partial charge in [-0.2, -0.15) is 5.10 Å². The van der Waals surface area contributed by atoms with Gasteiger partial charge in [-0.1, -0.05) is 11.6 Å². The Bertz CT molecular complexity index is 728. The van der Waals surface area contributed by atoms with Crippen LogP contribution in [0.4, 0.5) is 0 Å². The van der Waals surface area contributed by atoms with Crippen molar-refractivity contribution >= 4 is 17.5 Å². The first kappa shape index (κ1) is 17.9. The lowest BCUT2D eigenvalue weighted by atomic mass is 10.1. The summed E-state index contributed by atoms with van der Waals surface area (Å²) in [5.41, 5.74) is 0. The van der Waals surface area contributed by atoms with Gasteiger partial charge in [-0.3, -0.25) is 9.48 Å². The highest BCUT2D eigenvalue weighted by atomic mass is 35.5. The molecule has 3 rings (SSSR count). The number of halogens is 1. The van der Waals surface area contributed by atoms with Crippen molar-refractivity contribution in [1.29, 1.82) is 0 Å². The summed E-state index contributed by atoms with van der Waals surface area (Å²) in [6, 6.07) is -0.0564. The Balaban J connectivity index is 1.53. The van der Waals surface area contributed by atoms with E-state index in [9.17, 15) is 9.90 Å². The van der Waals surface area contributed by atoms with E-state index in [2.05, 4.69) is 20.6 Å². The van der Waals surface area contributed by atoms with E-state index in [1.165, 1.54) is 0 Å². The largest absolute Gasteiger partial charge is 0.391 e. The topological polar surface area (TPSA) is 97.9 Å². The fourth-order valence-electron chi connectivity index (χ4n) is 3.35. The molecule has 0 aliphatic heterocycles. The van der Waals surface area contributed by atoms with E-state index in [-0.39, 0.29) is 30.3 Å². The Morgan fingerprint density at radius 2 is 2.28 bits per heavy atom. The summed E-state index contributed by atoms with van der Waals surface area (Å²) in [6.45, 7) is 4.70. The first-order valence-electron chi connectivity index (χ1n) is 8.46. The molecule has 1 aliphatic carbocycles. The van der Waals surface area contributed by atoms with Crippen LogP contribution in [-0.2, 0) is 17.8 Å². The Labute approximate surface area is 151 Å². The van der Waals surface area contributed by atoms with Crippen LogP contribution in [0.1, 0.15) is 38.6 Å². The molecule has 1 saturated carbocycles. The third-order valence-electron chi connectivity index (χ3n) is 4.54. The van der Waals surface area contributed by atoms with Crippen molar-refractivity contribution < 1.29 is 9.90 Å². The molecule has 0 spiro atoms. The molecule has 0 bridgehead atoms. The van der Waals surface area contributed by atoms with E-state index in [0.717, 1.165) is 0 Å². The van der Waals surface area contributed by atoms with E-state index in [1.807, 2.05) is 18.4 Å². The Hall–Kier alpha value is -1.93. The molecule has 0 aromatic carbocycles. The van der Waals surface area contributed by atoms with Gasteiger partial charge in [0, 0.05) is 18.8 Å². The van der Waals surface area contributed by atoms with Crippen LogP contribution in [0.2, 0.25) is 5.02 Å². The van der Waals surface area contributed by atoms with Crippen molar-refractivity contribution in [3.63, 3.8) is 0 Å². The summed E-state index contributed by atoms with van der Waals surface area (Å²) in [5, 5.41) is 25.8. The van der Waals surface area contributed by atoms with Gasteiger partial charge in [0.25, 0.3) is 0 Å². The van der Waals surface area contributed by atoms with Gasteiger partial charge in [0.05, 0.1) is 29.8 Å². The lowest BCUT2D eigenvalue weighted by Crippen LogP contribution is -2.41. The number of amides is 1. The fraction of sp³-hybridized carbons (Fsp3) is 0.625. The molecule has 1 aliphatic rings. The van der Waals surface area contributed by atoms with E-state index >= 15 is 0 Å². The summed E-state index contributed by atoms with van der Waals surface area (Å²) >= 11 is 5.87. The predicted molar refractivity (Wildman–Crippen MR) is 92.0 cm³/mol. The molecule has 3 atom stereocenters. The zero-order chi connectivity index (χ0) is 18.0. The van der Waals surface area contributed by atoms with E-state index in [0.29, 0.717) is 30.2 Å². The molecule has 136 valence electrons. The van der Waals surface area contributed by atoms with Crippen LogP contribution in [0.25, 0.3) is 0 Å². The number of aliphatic hydroxyl groups excluding tert-OH is 1. The molecule has 1 amide bonds. The van der Waals surface area contributed by atoms with Crippen molar-refractivity contribution in [3.05, 3.63) is 29.6 Å². The number of aromatic nitrogens is 5. The van der Waals surface area contributed by atoms with Gasteiger partial charge in [-0.05, 0) is 32.6 Å². The zero-order valence-electron chi connectivity index (χ0n) is 14.3. The monoisotopic (exact) mass is 366 g/mol. The SMILES string of the molecule is CC(C)n1cnnc1CC(=O)N[C@@H]1CC(Cn2cc(Cl)cn2)C[C@H]1O. The average Bonchev–Trinajstić information content (AvgIpc) is 3.22. The second kappa shape index (κ2) is 7.53. The normalized spacial score (nSPS) is 23.3. The van der Waals surface area contributed by atoms with Gasteiger partial charge in [0.15, 0.2) is 0 Å². The highest BCUT2D eigenvalue weighted by molar-refractivity contribution is 6.30. The number of hydrogen-bond acceptors (Lipinski definition) is 5. The third-order valence-corrected chi connectivity index (χ3v) is 4.74. The summed E-state index contributed by atoms with van der Waals surface area (Å²) < 4.78 is 3.64. The number of hydrogen-bond donors (Lipinski definition) is 2. The van der Waals surface area contributed by atoms with Crippen molar-refractivity contribution in [2.24, 2.45) is 5.92 Å². The van der Waals surface area contributed by atoms with Gasteiger partial charge < -0.3 is 15.0 Å². The third kappa shape index (κ3) is 4.38. The first-order valence-corrected chi connectivity index (χ1v) is 8.84. The summed E-state index contributed by atoms with van der Waals surface area (Å²) in [6.07, 6.45) is 5.92. The highest BCUT2D eigenvalue weighted by Gasteiger charge is 2.34. The minimum Gasteiger partial charge on any atom is -0.391 e. The van der Waals surface area contributed by atoms with Crippen LogP contribution in [0.15, 0.2) is 18.7 Å².